The van der Waals surface area contributed by atoms with Crippen molar-refractivity contribution in [1.29, 1.82) is 0 Å². The average Bonchev–Trinajstić information content (AvgIpc) is 4.16. The van der Waals surface area contributed by atoms with Crippen LogP contribution in [0.3, 0.4) is 0 Å². The summed E-state index contributed by atoms with van der Waals surface area (Å²) in [6.07, 6.45) is 6.82. The third-order valence-corrected chi connectivity index (χ3v) is 11.4. The van der Waals surface area contributed by atoms with Crippen molar-refractivity contribution in [3.05, 3.63) is 183 Å². The summed E-state index contributed by atoms with van der Waals surface area (Å²) in [5.41, 5.74) is 2.07. The number of carbonyl (C=O) groups excluding carboxylic acids is 2. The maximum Gasteiger partial charge on any atom is 0.406 e. The fraction of sp³-hybridized carbons (Fsp3) is 0.182. The van der Waals surface area contributed by atoms with Crippen LogP contribution >= 0.6 is 55.1 Å². The largest absolute Gasteiger partial charge is 0.478 e. The molecule has 2 atom stereocenters. The van der Waals surface area contributed by atoms with Gasteiger partial charge in [0.05, 0.1) is 43.8 Å². The van der Waals surface area contributed by atoms with E-state index in [1.54, 1.807) is 35.6 Å². The van der Waals surface area contributed by atoms with Crippen LogP contribution in [0.2, 0.25) is 10.3 Å². The number of hydrogen-bond donors (Lipinski definition) is 0. The molecule has 2 aromatic carbocycles. The Hall–Kier alpha value is -7.28. The first-order chi connectivity index (χ1) is 33.3. The summed E-state index contributed by atoms with van der Waals surface area (Å²) >= 11 is 18.7. The van der Waals surface area contributed by atoms with Crippen molar-refractivity contribution in [3.63, 3.8) is 0 Å². The molecule has 8 rings (SSSR count). The summed E-state index contributed by atoms with van der Waals surface area (Å²) in [5.74, 6) is -3.15. The highest BCUT2D eigenvalue weighted by atomic mass is 79.9. The molecule has 6 aromatic heterocycles. The number of rotatable bonds is 16. The van der Waals surface area contributed by atoms with Crippen LogP contribution in [-0.2, 0) is 13.1 Å². The molecule has 0 bridgehead atoms. The highest BCUT2D eigenvalue weighted by Gasteiger charge is 2.28. The van der Waals surface area contributed by atoms with E-state index in [2.05, 4.69) is 62.2 Å². The number of ether oxygens (including phenoxy) is 2. The molecule has 2 unspecified atom stereocenters. The number of carbonyl (C=O) groups is 2. The van der Waals surface area contributed by atoms with E-state index in [4.69, 9.17) is 32.7 Å². The van der Waals surface area contributed by atoms with E-state index < -0.39 is 45.3 Å². The summed E-state index contributed by atoms with van der Waals surface area (Å²) in [5, 5.41) is 39.6. The minimum atomic E-state index is -0.899. The Labute approximate surface area is 421 Å². The van der Waals surface area contributed by atoms with E-state index in [0.29, 0.717) is 44.5 Å². The van der Waals surface area contributed by atoms with Crippen molar-refractivity contribution >= 4 is 78.3 Å². The molecule has 6 heterocycles. The standard InChI is InChI=1S/2C22H17BrClFN6O4/c2*1-3-29-11-13(9-27-29)21(32)18-8-20(24)28-30(18)17-5-4-15(25)7-16(17)12(2)35-19-6-14(23)10-26-22(19)31(33)34/h2*4-12H,3H2,1-2H3. The molecule has 0 aliphatic rings. The van der Waals surface area contributed by atoms with E-state index >= 15 is 0 Å². The molecule has 0 N–H and O–H groups in total. The molecule has 20 nitrogen and oxygen atoms in total. The van der Waals surface area contributed by atoms with Crippen LogP contribution in [0, 0.1) is 31.9 Å². The van der Waals surface area contributed by atoms with Crippen LogP contribution < -0.4 is 9.47 Å². The van der Waals surface area contributed by atoms with E-state index in [1.165, 1.54) is 94.8 Å². The number of aromatic nitrogens is 10. The molecule has 26 heteroatoms. The second kappa shape index (κ2) is 21.6. The minimum Gasteiger partial charge on any atom is -0.478 e. The van der Waals surface area contributed by atoms with Gasteiger partial charge in [0.25, 0.3) is 0 Å². The van der Waals surface area contributed by atoms with Crippen LogP contribution in [0.4, 0.5) is 20.4 Å². The Morgan fingerprint density at radius 1 is 0.657 bits per heavy atom. The molecule has 0 saturated heterocycles. The van der Waals surface area contributed by atoms with Gasteiger partial charge < -0.3 is 29.7 Å². The molecule has 70 heavy (non-hydrogen) atoms. The second-order valence-electron chi connectivity index (χ2n) is 14.7. The highest BCUT2D eigenvalue weighted by Crippen LogP contribution is 2.36. The van der Waals surface area contributed by atoms with Gasteiger partial charge in [-0.25, -0.2) is 18.1 Å². The van der Waals surface area contributed by atoms with Gasteiger partial charge in [-0.3, -0.25) is 19.0 Å². The Kier molecular flexibility index (Phi) is 15.6. The zero-order chi connectivity index (χ0) is 50.6. The number of nitro groups is 2. The Bertz CT molecular complexity index is 3090. The van der Waals surface area contributed by atoms with Crippen LogP contribution in [-0.4, -0.2) is 70.5 Å². The molecule has 0 amide bonds. The first-order valence-corrected chi connectivity index (χ1v) is 22.9. The SMILES string of the molecule is CCn1cc(C(=O)c2cc(Cl)nn2-c2ccc(F)cc2C(C)Oc2cc(Br)cnc2[N+](=O)[O-])cn1.CCn1cc(C(=O)c2cc(Cl)nn2-c2ccc(F)cc2C(C)Oc2cc(Br)cnc2[N+](=O)[O-])cn1. The van der Waals surface area contributed by atoms with Crippen LogP contribution in [0.25, 0.3) is 11.4 Å². The normalized spacial score (nSPS) is 11.9. The highest BCUT2D eigenvalue weighted by molar-refractivity contribution is 9.10. The summed E-state index contributed by atoms with van der Waals surface area (Å²) in [6.45, 7) is 8.11. The number of aryl methyl sites for hydroxylation is 2. The lowest BCUT2D eigenvalue weighted by atomic mass is 10.1. The molecule has 8 aromatic rings. The monoisotopic (exact) mass is 1120 g/mol. The van der Waals surface area contributed by atoms with Gasteiger partial charge in [0.15, 0.2) is 22.7 Å². The fourth-order valence-corrected chi connectivity index (χ4v) is 7.85. The number of nitrogens with zero attached hydrogens (tertiary/aromatic N) is 12. The molecule has 0 spiro atoms. The first-order valence-electron chi connectivity index (χ1n) is 20.5. The molecular weight excluding hydrogens is 1090 g/mol. The van der Waals surface area contributed by atoms with Gasteiger partial charge in [-0.05, 0) is 116 Å². The molecule has 0 saturated carbocycles. The zero-order valence-corrected chi connectivity index (χ0v) is 41.4. The predicted molar refractivity (Wildman–Crippen MR) is 255 cm³/mol. The lowest BCUT2D eigenvalue weighted by Gasteiger charge is -2.19. The maximum absolute atomic E-state index is 14.3. The Morgan fingerprint density at radius 2 is 1.04 bits per heavy atom. The molecule has 0 fully saturated rings. The van der Waals surface area contributed by atoms with Gasteiger partial charge in [-0.2, -0.15) is 20.4 Å². The smallest absolute Gasteiger partial charge is 0.406 e. The average molecular weight is 1130 g/mol. The van der Waals surface area contributed by atoms with E-state index in [0.717, 1.165) is 0 Å². The number of benzene rings is 2. The first kappa shape index (κ1) is 50.6. The maximum atomic E-state index is 14.3. The van der Waals surface area contributed by atoms with Gasteiger partial charge in [0, 0.05) is 60.9 Å². The van der Waals surface area contributed by atoms with E-state index in [-0.39, 0.29) is 55.9 Å². The summed E-state index contributed by atoms with van der Waals surface area (Å²) in [6, 6.07) is 13.2. The lowest BCUT2D eigenvalue weighted by molar-refractivity contribution is -0.390. The number of hydrogen-bond acceptors (Lipinski definition) is 14. The summed E-state index contributed by atoms with van der Waals surface area (Å²) < 4.78 is 46.9. The van der Waals surface area contributed by atoms with E-state index in [9.17, 15) is 38.6 Å². The molecular formula is C44H34Br2Cl2F2N12O8. The van der Waals surface area contributed by atoms with Gasteiger partial charge in [0.1, 0.15) is 35.2 Å². The van der Waals surface area contributed by atoms with Crippen molar-refractivity contribution < 1.29 is 37.7 Å². The number of halogens is 6. The quantitative estimate of drug-likeness (QED) is 0.0497. The Morgan fingerprint density at radius 3 is 1.39 bits per heavy atom. The van der Waals surface area contributed by atoms with Gasteiger partial charge >= 0.3 is 11.6 Å². The molecule has 0 aliphatic carbocycles. The minimum absolute atomic E-state index is 0.0481. The number of pyridine rings is 2. The van der Waals surface area contributed by atoms with Crippen LogP contribution in [0.15, 0.2) is 107 Å². The van der Waals surface area contributed by atoms with Crippen molar-refractivity contribution in [2.75, 3.05) is 0 Å². The van der Waals surface area contributed by atoms with E-state index in [1.807, 2.05) is 13.8 Å². The fourth-order valence-electron chi connectivity index (χ4n) is 6.87. The molecule has 360 valence electrons. The van der Waals surface area contributed by atoms with Crippen molar-refractivity contribution in [3.8, 4) is 22.9 Å². The zero-order valence-electron chi connectivity index (χ0n) is 36.7. The summed E-state index contributed by atoms with van der Waals surface area (Å²) in [4.78, 5) is 55.4. The molecule has 0 radical (unpaired) electrons. The van der Waals surface area contributed by atoms with Gasteiger partial charge in [-0.1, -0.05) is 23.2 Å². The van der Waals surface area contributed by atoms with Crippen LogP contribution in [0.5, 0.6) is 11.5 Å². The van der Waals surface area contributed by atoms with Gasteiger partial charge in [-0.15, -0.1) is 0 Å². The third kappa shape index (κ3) is 11.3. The van der Waals surface area contributed by atoms with Gasteiger partial charge in [0.2, 0.25) is 23.1 Å². The Balaban J connectivity index is 0.000000206. The van der Waals surface area contributed by atoms with Crippen molar-refractivity contribution in [2.24, 2.45) is 0 Å². The topological polar surface area (TPSA) is 236 Å². The predicted octanol–water partition coefficient (Wildman–Crippen LogP) is 10.6. The lowest BCUT2D eigenvalue weighted by Crippen LogP contribution is -2.15. The third-order valence-electron chi connectivity index (χ3n) is 10.1. The van der Waals surface area contributed by atoms with Crippen LogP contribution in [0.1, 0.15) is 83.1 Å². The molecule has 0 aliphatic heterocycles. The summed E-state index contributed by atoms with van der Waals surface area (Å²) in [7, 11) is 0. The van der Waals surface area contributed by atoms with Crippen molar-refractivity contribution in [2.45, 2.75) is 53.0 Å². The number of ketones is 2. The van der Waals surface area contributed by atoms with Crippen molar-refractivity contribution in [1.82, 2.24) is 49.1 Å². The second-order valence-corrected chi connectivity index (χ2v) is 17.4.